The third kappa shape index (κ3) is 2.53. The van der Waals surface area contributed by atoms with Crippen LogP contribution in [0.5, 0.6) is 0 Å². The van der Waals surface area contributed by atoms with Crippen LogP contribution in [0, 0.1) is 0 Å². The van der Waals surface area contributed by atoms with Gasteiger partial charge in [-0.2, -0.15) is 0 Å². The van der Waals surface area contributed by atoms with Crippen molar-refractivity contribution in [1.82, 2.24) is 10.2 Å². The summed E-state index contributed by atoms with van der Waals surface area (Å²) < 4.78 is 0. The van der Waals surface area contributed by atoms with E-state index in [2.05, 4.69) is 5.32 Å². The monoisotopic (exact) mass is 264 g/mol. The van der Waals surface area contributed by atoms with E-state index < -0.39 is 6.03 Å². The highest BCUT2D eigenvalue weighted by Crippen LogP contribution is 2.15. The van der Waals surface area contributed by atoms with Crippen molar-refractivity contribution in [2.45, 2.75) is 4.90 Å². The largest absolute Gasteiger partial charge is 0.329 e. The maximum Gasteiger partial charge on any atom is 0.325 e. The maximum absolute atomic E-state index is 11.9. The van der Waals surface area contributed by atoms with Crippen LogP contribution in [0.2, 0.25) is 0 Å². The highest BCUT2D eigenvalue weighted by atomic mass is 32.2. The number of benzene rings is 1. The predicted molar refractivity (Wildman–Crippen MR) is 67.7 cm³/mol. The summed E-state index contributed by atoms with van der Waals surface area (Å²) >= 11 is 1.58. The lowest BCUT2D eigenvalue weighted by molar-refractivity contribution is -0.124. The van der Waals surface area contributed by atoms with Gasteiger partial charge in [0, 0.05) is 10.5 Å². The molecule has 5 nitrogen and oxygen atoms in total. The summed E-state index contributed by atoms with van der Waals surface area (Å²) in [5.41, 5.74) is 0.500. The first-order valence-corrected chi connectivity index (χ1v) is 6.59. The average molecular weight is 264 g/mol. The molecule has 3 amide bonds. The van der Waals surface area contributed by atoms with Crippen molar-refractivity contribution in [3.63, 3.8) is 0 Å². The fourth-order valence-electron chi connectivity index (χ4n) is 1.63. The summed E-state index contributed by atoms with van der Waals surface area (Å²) in [4.78, 5) is 36.5. The Hall–Kier alpha value is -1.82. The molecule has 0 aromatic heterocycles. The minimum atomic E-state index is -0.505. The highest BCUT2D eigenvalue weighted by Gasteiger charge is 2.30. The van der Waals surface area contributed by atoms with Crippen molar-refractivity contribution in [3.8, 4) is 0 Å². The molecule has 2 rings (SSSR count). The van der Waals surface area contributed by atoms with Crippen LogP contribution < -0.4 is 5.32 Å². The second kappa shape index (κ2) is 5.22. The summed E-state index contributed by atoms with van der Waals surface area (Å²) in [6.45, 7) is -0.235. The number of imide groups is 1. The molecule has 0 aliphatic carbocycles. The number of nitrogens with one attached hydrogen (secondary N) is 1. The number of hydrogen-bond acceptors (Lipinski definition) is 4. The van der Waals surface area contributed by atoms with Crippen molar-refractivity contribution in [2.75, 3.05) is 19.3 Å². The fourth-order valence-corrected chi connectivity index (χ4v) is 2.04. The van der Waals surface area contributed by atoms with E-state index in [0.29, 0.717) is 5.56 Å². The van der Waals surface area contributed by atoms with Crippen molar-refractivity contribution in [1.29, 1.82) is 0 Å². The molecule has 0 radical (unpaired) electrons. The molecule has 1 aromatic rings. The summed E-state index contributed by atoms with van der Waals surface area (Å²) in [6, 6.07) is 6.57. The molecule has 0 atom stereocenters. The van der Waals surface area contributed by atoms with Crippen molar-refractivity contribution >= 4 is 29.5 Å². The number of hydrogen-bond donors (Lipinski definition) is 1. The van der Waals surface area contributed by atoms with Gasteiger partial charge in [0.25, 0.3) is 0 Å². The van der Waals surface area contributed by atoms with E-state index in [1.807, 2.05) is 18.4 Å². The number of carbonyl (C=O) groups is 3. The molecule has 6 heteroatoms. The van der Waals surface area contributed by atoms with Gasteiger partial charge in [0.05, 0.1) is 13.1 Å². The molecule has 0 bridgehead atoms. The highest BCUT2D eigenvalue weighted by molar-refractivity contribution is 7.98. The van der Waals surface area contributed by atoms with Crippen LogP contribution in [-0.4, -0.2) is 42.0 Å². The lowest BCUT2D eigenvalue weighted by atomic mass is 10.1. The van der Waals surface area contributed by atoms with Crippen LogP contribution in [0.4, 0.5) is 4.79 Å². The van der Waals surface area contributed by atoms with E-state index in [-0.39, 0.29) is 24.8 Å². The van der Waals surface area contributed by atoms with Gasteiger partial charge in [-0.15, -0.1) is 11.8 Å². The molecule has 1 N–H and O–H groups in total. The molecule has 1 aromatic carbocycles. The maximum atomic E-state index is 11.9. The topological polar surface area (TPSA) is 66.5 Å². The zero-order valence-electron chi connectivity index (χ0n) is 9.80. The number of rotatable bonds is 4. The Morgan fingerprint density at radius 1 is 1.33 bits per heavy atom. The molecule has 1 saturated heterocycles. The minimum absolute atomic E-state index is 0.0302. The smallest absolute Gasteiger partial charge is 0.325 e. The van der Waals surface area contributed by atoms with Gasteiger partial charge < -0.3 is 5.32 Å². The number of carbonyl (C=O) groups excluding carboxylic acids is 3. The molecule has 1 heterocycles. The van der Waals surface area contributed by atoms with E-state index >= 15 is 0 Å². The van der Waals surface area contributed by atoms with Crippen molar-refractivity contribution in [2.24, 2.45) is 0 Å². The van der Waals surface area contributed by atoms with Crippen LogP contribution in [0.15, 0.2) is 29.2 Å². The van der Waals surface area contributed by atoms with Gasteiger partial charge in [-0.1, -0.05) is 12.1 Å². The van der Waals surface area contributed by atoms with E-state index in [1.165, 1.54) is 0 Å². The summed E-state index contributed by atoms with van der Waals surface area (Å²) in [5.74, 6) is -0.609. The van der Waals surface area contributed by atoms with E-state index in [1.54, 1.807) is 23.9 Å². The van der Waals surface area contributed by atoms with Gasteiger partial charge in [0.1, 0.15) is 0 Å². The van der Waals surface area contributed by atoms with Crippen molar-refractivity contribution < 1.29 is 14.4 Å². The van der Waals surface area contributed by atoms with Gasteiger partial charge in [0.2, 0.25) is 5.91 Å². The summed E-state index contributed by atoms with van der Waals surface area (Å²) in [5, 5.41) is 2.38. The fraction of sp³-hybridized carbons (Fsp3) is 0.250. The van der Waals surface area contributed by atoms with Gasteiger partial charge in [0.15, 0.2) is 5.78 Å². The summed E-state index contributed by atoms with van der Waals surface area (Å²) in [7, 11) is 0. The Bertz CT molecular complexity index is 483. The molecule has 94 valence electrons. The summed E-state index contributed by atoms with van der Waals surface area (Å²) in [6.07, 6.45) is 1.95. The molecule has 18 heavy (non-hydrogen) atoms. The number of amides is 3. The number of ketones is 1. The first-order valence-electron chi connectivity index (χ1n) is 5.37. The molecule has 1 fully saturated rings. The Morgan fingerprint density at radius 2 is 2.00 bits per heavy atom. The minimum Gasteiger partial charge on any atom is -0.329 e. The standard InChI is InChI=1S/C12H12N2O3S/c1-18-9-4-2-8(3-5-9)10(15)7-14-11(16)6-13-12(14)17/h2-5H,6-7H2,1H3,(H,13,17). The lowest BCUT2D eigenvalue weighted by Gasteiger charge is -2.11. The van der Waals surface area contributed by atoms with Crippen molar-refractivity contribution in [3.05, 3.63) is 29.8 Å². The third-order valence-electron chi connectivity index (χ3n) is 2.65. The van der Waals surface area contributed by atoms with Gasteiger partial charge in [-0.3, -0.25) is 14.5 Å². The lowest BCUT2D eigenvalue weighted by Crippen LogP contribution is -2.35. The zero-order valence-corrected chi connectivity index (χ0v) is 10.6. The molecular weight excluding hydrogens is 252 g/mol. The molecule has 0 saturated carbocycles. The average Bonchev–Trinajstić information content (AvgIpc) is 2.70. The number of thioether (sulfide) groups is 1. The van der Waals surface area contributed by atoms with Crippen LogP contribution in [0.1, 0.15) is 10.4 Å². The molecular formula is C12H12N2O3S. The van der Waals surface area contributed by atoms with E-state index in [9.17, 15) is 14.4 Å². The van der Waals surface area contributed by atoms with Gasteiger partial charge in [-0.05, 0) is 18.4 Å². The first kappa shape index (κ1) is 12.6. The first-order chi connectivity index (χ1) is 8.61. The Morgan fingerprint density at radius 3 is 2.50 bits per heavy atom. The number of nitrogens with zero attached hydrogens (tertiary/aromatic N) is 1. The second-order valence-corrected chi connectivity index (χ2v) is 4.67. The molecule has 1 aliphatic heterocycles. The third-order valence-corrected chi connectivity index (χ3v) is 3.39. The van der Waals surface area contributed by atoms with Crippen LogP contribution in [0.25, 0.3) is 0 Å². The quantitative estimate of drug-likeness (QED) is 0.503. The molecule has 1 aliphatic rings. The van der Waals surface area contributed by atoms with E-state index in [4.69, 9.17) is 0 Å². The number of Topliss-reactive ketones (excluding diaryl/α,β-unsaturated/α-hetero) is 1. The Kier molecular flexibility index (Phi) is 3.66. The molecule has 0 spiro atoms. The van der Waals surface area contributed by atoms with E-state index in [0.717, 1.165) is 9.80 Å². The van der Waals surface area contributed by atoms with Crippen LogP contribution in [-0.2, 0) is 4.79 Å². The van der Waals surface area contributed by atoms with Crippen LogP contribution in [0.3, 0.4) is 0 Å². The molecule has 0 unspecified atom stereocenters. The normalized spacial score (nSPS) is 14.8. The second-order valence-electron chi connectivity index (χ2n) is 3.79. The van der Waals surface area contributed by atoms with Gasteiger partial charge >= 0.3 is 6.03 Å². The Balaban J connectivity index is 2.07. The predicted octanol–water partition coefficient (Wildman–Crippen LogP) is 1.14. The Labute approximate surface area is 109 Å². The SMILES string of the molecule is CSc1ccc(C(=O)CN2C(=O)CNC2=O)cc1. The van der Waals surface area contributed by atoms with Gasteiger partial charge in [-0.25, -0.2) is 4.79 Å². The van der Waals surface area contributed by atoms with Crippen LogP contribution >= 0.6 is 11.8 Å². The zero-order chi connectivity index (χ0) is 13.1. The number of urea groups is 1.